The van der Waals surface area contributed by atoms with Crippen LogP contribution in [0.3, 0.4) is 0 Å². The number of nitrogens with zero attached hydrogens (tertiary/aromatic N) is 2. The van der Waals surface area contributed by atoms with E-state index in [-0.39, 0.29) is 18.2 Å². The van der Waals surface area contributed by atoms with Crippen LogP contribution >= 0.6 is 22.9 Å². The minimum absolute atomic E-state index is 0.219. The third-order valence-electron chi connectivity index (χ3n) is 3.72. The molecule has 0 bridgehead atoms. The minimum Gasteiger partial charge on any atom is -0.344 e. The summed E-state index contributed by atoms with van der Waals surface area (Å²) >= 11 is 7.13. The van der Waals surface area contributed by atoms with Crippen molar-refractivity contribution in [2.45, 2.75) is 19.4 Å². The molecule has 0 saturated heterocycles. The van der Waals surface area contributed by atoms with E-state index >= 15 is 0 Å². The number of amides is 2. The predicted octanol–water partition coefficient (Wildman–Crippen LogP) is 3.54. The normalized spacial score (nSPS) is 11.6. The number of hydrogen-bond acceptors (Lipinski definition) is 5. The van der Waals surface area contributed by atoms with Gasteiger partial charge < -0.3 is 5.32 Å². The number of benzene rings is 2. The fourth-order valence-corrected chi connectivity index (χ4v) is 3.21. The first kappa shape index (κ1) is 19.0. The second kappa shape index (κ2) is 8.75. The topological polar surface area (TPSA) is 84.0 Å². The number of hydrogen-bond donors (Lipinski definition) is 2. The van der Waals surface area contributed by atoms with Gasteiger partial charge in [0, 0.05) is 10.6 Å². The van der Waals surface area contributed by atoms with Crippen LogP contribution in [-0.4, -0.2) is 28.1 Å². The number of nitrogens with one attached hydrogen (secondary N) is 2. The molecule has 6 nitrogen and oxygen atoms in total. The smallest absolute Gasteiger partial charge is 0.248 e. The summed E-state index contributed by atoms with van der Waals surface area (Å²) in [6.07, 6.45) is 0.220. The molecule has 8 heteroatoms. The summed E-state index contributed by atoms with van der Waals surface area (Å²) in [5.74, 6) is -0.571. The highest BCUT2D eigenvalue weighted by molar-refractivity contribution is 7.18. The van der Waals surface area contributed by atoms with Gasteiger partial charge in [-0.1, -0.05) is 65.4 Å². The molecule has 0 fully saturated rings. The van der Waals surface area contributed by atoms with Crippen LogP contribution in [0.5, 0.6) is 0 Å². The summed E-state index contributed by atoms with van der Waals surface area (Å²) in [5, 5.41) is 15.1. The molecule has 0 aliphatic heterocycles. The fraction of sp³-hybridized carbons (Fsp3) is 0.158. The molecule has 0 unspecified atom stereocenters. The van der Waals surface area contributed by atoms with E-state index < -0.39 is 6.04 Å². The van der Waals surface area contributed by atoms with Crippen molar-refractivity contribution in [2.24, 2.45) is 0 Å². The number of aromatic nitrogens is 2. The van der Waals surface area contributed by atoms with Crippen LogP contribution in [0.1, 0.15) is 12.5 Å². The maximum Gasteiger partial charge on any atom is 0.248 e. The van der Waals surface area contributed by atoms with Gasteiger partial charge in [0.15, 0.2) is 0 Å². The van der Waals surface area contributed by atoms with Crippen molar-refractivity contribution < 1.29 is 9.59 Å². The summed E-state index contributed by atoms with van der Waals surface area (Å²) in [6.45, 7) is 1.62. The highest BCUT2D eigenvalue weighted by atomic mass is 35.5. The lowest BCUT2D eigenvalue weighted by Gasteiger charge is -2.12. The highest BCUT2D eigenvalue weighted by Gasteiger charge is 2.18. The van der Waals surface area contributed by atoms with Crippen LogP contribution in [0.2, 0.25) is 5.02 Å². The van der Waals surface area contributed by atoms with E-state index in [1.807, 2.05) is 42.5 Å². The fourth-order valence-electron chi connectivity index (χ4n) is 2.34. The monoisotopic (exact) mass is 400 g/mol. The Labute approximate surface area is 165 Å². The SMILES string of the molecule is C[C@@H](NC(=O)Cc1ccccc1)C(=O)Nc1nnc(-c2ccc(Cl)cc2)s1. The molecule has 0 radical (unpaired) electrons. The first-order valence-corrected chi connectivity index (χ1v) is 9.44. The van der Waals surface area contributed by atoms with Gasteiger partial charge in [0.05, 0.1) is 6.42 Å². The lowest BCUT2D eigenvalue weighted by molar-refractivity contribution is -0.125. The molecule has 0 aliphatic rings. The lowest BCUT2D eigenvalue weighted by atomic mass is 10.1. The molecule has 1 atom stereocenters. The van der Waals surface area contributed by atoms with E-state index in [0.29, 0.717) is 15.2 Å². The molecule has 1 heterocycles. The van der Waals surface area contributed by atoms with Crippen molar-refractivity contribution in [3.8, 4) is 10.6 Å². The van der Waals surface area contributed by atoms with Crippen LogP contribution in [-0.2, 0) is 16.0 Å². The van der Waals surface area contributed by atoms with E-state index in [4.69, 9.17) is 11.6 Å². The Balaban J connectivity index is 1.55. The van der Waals surface area contributed by atoms with Crippen LogP contribution < -0.4 is 10.6 Å². The van der Waals surface area contributed by atoms with E-state index in [1.54, 1.807) is 19.1 Å². The van der Waals surface area contributed by atoms with Gasteiger partial charge in [-0.15, -0.1) is 10.2 Å². The van der Waals surface area contributed by atoms with Gasteiger partial charge in [0.2, 0.25) is 16.9 Å². The molecule has 2 N–H and O–H groups in total. The first-order chi connectivity index (χ1) is 13.0. The molecular weight excluding hydrogens is 384 g/mol. The molecule has 1 aromatic heterocycles. The van der Waals surface area contributed by atoms with Crippen LogP contribution in [0.25, 0.3) is 10.6 Å². The van der Waals surface area contributed by atoms with E-state index in [2.05, 4.69) is 20.8 Å². The van der Waals surface area contributed by atoms with Crippen LogP contribution in [0, 0.1) is 0 Å². The molecule has 27 heavy (non-hydrogen) atoms. The molecule has 3 rings (SSSR count). The molecule has 0 saturated carbocycles. The Bertz CT molecular complexity index is 928. The van der Waals surface area contributed by atoms with Crippen molar-refractivity contribution in [3.05, 3.63) is 65.2 Å². The van der Waals surface area contributed by atoms with Gasteiger partial charge in [-0.05, 0) is 24.6 Å². The quantitative estimate of drug-likeness (QED) is 0.662. The number of anilines is 1. The van der Waals surface area contributed by atoms with Crippen molar-refractivity contribution in [1.29, 1.82) is 0 Å². The summed E-state index contributed by atoms with van der Waals surface area (Å²) in [5.41, 5.74) is 1.75. The van der Waals surface area contributed by atoms with Gasteiger partial charge in [0.1, 0.15) is 11.0 Å². The van der Waals surface area contributed by atoms with Gasteiger partial charge in [-0.25, -0.2) is 0 Å². The third-order valence-corrected chi connectivity index (χ3v) is 4.86. The Morgan fingerprint density at radius 2 is 1.78 bits per heavy atom. The van der Waals surface area contributed by atoms with Gasteiger partial charge in [-0.3, -0.25) is 14.9 Å². The number of halogens is 1. The maximum absolute atomic E-state index is 12.3. The number of carbonyl (C=O) groups is 2. The third kappa shape index (κ3) is 5.35. The summed E-state index contributed by atoms with van der Waals surface area (Å²) in [6, 6.07) is 15.9. The Morgan fingerprint density at radius 1 is 1.07 bits per heavy atom. The predicted molar refractivity (Wildman–Crippen MR) is 107 cm³/mol. The summed E-state index contributed by atoms with van der Waals surface area (Å²) < 4.78 is 0. The highest BCUT2D eigenvalue weighted by Crippen LogP contribution is 2.27. The van der Waals surface area contributed by atoms with Crippen LogP contribution in [0.15, 0.2) is 54.6 Å². The Kier molecular flexibility index (Phi) is 6.16. The second-order valence-corrected chi connectivity index (χ2v) is 7.27. The molecule has 2 amide bonds. The van der Waals surface area contributed by atoms with Crippen molar-refractivity contribution in [2.75, 3.05) is 5.32 Å². The van der Waals surface area contributed by atoms with E-state index in [0.717, 1.165) is 11.1 Å². The van der Waals surface area contributed by atoms with Crippen molar-refractivity contribution >= 4 is 39.9 Å². The van der Waals surface area contributed by atoms with E-state index in [9.17, 15) is 9.59 Å². The van der Waals surface area contributed by atoms with Gasteiger partial charge in [-0.2, -0.15) is 0 Å². The maximum atomic E-state index is 12.3. The zero-order valence-corrected chi connectivity index (χ0v) is 16.1. The molecule has 138 valence electrons. The summed E-state index contributed by atoms with van der Waals surface area (Å²) in [7, 11) is 0. The van der Waals surface area contributed by atoms with E-state index in [1.165, 1.54) is 11.3 Å². The Hall–Kier alpha value is -2.77. The average molecular weight is 401 g/mol. The Morgan fingerprint density at radius 3 is 2.48 bits per heavy atom. The van der Waals surface area contributed by atoms with Gasteiger partial charge in [0.25, 0.3) is 0 Å². The van der Waals surface area contributed by atoms with Gasteiger partial charge >= 0.3 is 0 Å². The number of rotatable bonds is 6. The largest absolute Gasteiger partial charge is 0.344 e. The second-order valence-electron chi connectivity index (χ2n) is 5.86. The zero-order valence-electron chi connectivity index (χ0n) is 14.5. The van der Waals surface area contributed by atoms with Crippen molar-refractivity contribution in [1.82, 2.24) is 15.5 Å². The molecule has 0 spiro atoms. The molecule has 2 aromatic carbocycles. The zero-order chi connectivity index (χ0) is 19.2. The van der Waals surface area contributed by atoms with Crippen molar-refractivity contribution in [3.63, 3.8) is 0 Å². The lowest BCUT2D eigenvalue weighted by Crippen LogP contribution is -2.42. The average Bonchev–Trinajstić information content (AvgIpc) is 3.11. The first-order valence-electron chi connectivity index (χ1n) is 8.25. The molecule has 3 aromatic rings. The summed E-state index contributed by atoms with van der Waals surface area (Å²) in [4.78, 5) is 24.4. The standard InChI is InChI=1S/C19H17ClN4O2S/c1-12(21-16(25)11-13-5-3-2-4-6-13)17(26)22-19-24-23-18(27-19)14-7-9-15(20)10-8-14/h2-10,12H,11H2,1H3,(H,21,25)(H,22,24,26)/t12-/m1/s1. The van der Waals surface area contributed by atoms with Crippen LogP contribution in [0.4, 0.5) is 5.13 Å². The number of carbonyl (C=O) groups excluding carboxylic acids is 2. The molecular formula is C19H17ClN4O2S. The molecule has 0 aliphatic carbocycles. The minimum atomic E-state index is -0.691.